The van der Waals surface area contributed by atoms with Crippen molar-refractivity contribution in [3.05, 3.63) is 75.7 Å². The molecule has 128 valence electrons. The van der Waals surface area contributed by atoms with Crippen LogP contribution in [-0.2, 0) is 19.5 Å². The molecule has 1 N–H and O–H groups in total. The maximum atomic E-state index is 12.4. The molecule has 1 aromatic carbocycles. The minimum atomic E-state index is -0.106. The standard InChI is InChI=1S/C19H16N6O/c20-7-13-3-1-2-4-14(13)10-25-6-5-16-17(11-25)23-18(24-19(16)26)15-8-21-12-22-9-15/h1-4,8-9,12H,5-6,10-11H2,(H,23,24,26). The van der Waals surface area contributed by atoms with E-state index < -0.39 is 0 Å². The van der Waals surface area contributed by atoms with Crippen molar-refractivity contribution in [2.75, 3.05) is 6.54 Å². The molecule has 0 spiro atoms. The van der Waals surface area contributed by atoms with Crippen LogP contribution in [0.4, 0.5) is 0 Å². The van der Waals surface area contributed by atoms with E-state index in [-0.39, 0.29) is 5.56 Å². The van der Waals surface area contributed by atoms with Crippen LogP contribution in [0.25, 0.3) is 11.4 Å². The number of nitrogens with one attached hydrogen (secondary N) is 1. The highest BCUT2D eigenvalue weighted by Crippen LogP contribution is 2.20. The summed E-state index contributed by atoms with van der Waals surface area (Å²) >= 11 is 0. The molecule has 7 heteroatoms. The number of hydrogen-bond acceptors (Lipinski definition) is 6. The van der Waals surface area contributed by atoms with Gasteiger partial charge < -0.3 is 4.98 Å². The van der Waals surface area contributed by atoms with Crippen LogP contribution in [0, 0.1) is 11.3 Å². The Kier molecular flexibility index (Phi) is 4.25. The van der Waals surface area contributed by atoms with Crippen LogP contribution in [0.1, 0.15) is 22.4 Å². The third-order valence-corrected chi connectivity index (χ3v) is 4.52. The van der Waals surface area contributed by atoms with Crippen molar-refractivity contribution in [1.29, 1.82) is 5.26 Å². The predicted octanol–water partition coefficient (Wildman–Crippen LogP) is 1.66. The second-order valence-corrected chi connectivity index (χ2v) is 6.20. The van der Waals surface area contributed by atoms with E-state index in [0.29, 0.717) is 36.5 Å². The molecule has 0 saturated carbocycles. The lowest BCUT2D eigenvalue weighted by atomic mass is 10.0. The average Bonchev–Trinajstić information content (AvgIpc) is 2.69. The Hall–Kier alpha value is -3.37. The maximum absolute atomic E-state index is 12.4. The lowest BCUT2D eigenvalue weighted by molar-refractivity contribution is 0.240. The summed E-state index contributed by atoms with van der Waals surface area (Å²) in [7, 11) is 0. The van der Waals surface area contributed by atoms with Gasteiger partial charge in [0.2, 0.25) is 0 Å². The van der Waals surface area contributed by atoms with Gasteiger partial charge in [0.1, 0.15) is 12.2 Å². The van der Waals surface area contributed by atoms with Crippen LogP contribution < -0.4 is 5.56 Å². The molecule has 4 rings (SSSR count). The van der Waals surface area contributed by atoms with Gasteiger partial charge in [0, 0.05) is 37.6 Å². The molecule has 0 saturated heterocycles. The number of fused-ring (bicyclic) bond motifs is 1. The van der Waals surface area contributed by atoms with Crippen LogP contribution in [0.5, 0.6) is 0 Å². The SMILES string of the molecule is N#Cc1ccccc1CN1CCc2c(nc(-c3cncnc3)[nH]c2=O)C1. The first-order valence-corrected chi connectivity index (χ1v) is 8.32. The van der Waals surface area contributed by atoms with Crippen LogP contribution in [-0.4, -0.2) is 31.4 Å². The van der Waals surface area contributed by atoms with Gasteiger partial charge in [-0.2, -0.15) is 5.26 Å². The Balaban J connectivity index is 1.63. The summed E-state index contributed by atoms with van der Waals surface area (Å²) in [5.74, 6) is 0.480. The maximum Gasteiger partial charge on any atom is 0.254 e. The van der Waals surface area contributed by atoms with Gasteiger partial charge in [-0.25, -0.2) is 15.0 Å². The van der Waals surface area contributed by atoms with Crippen molar-refractivity contribution < 1.29 is 0 Å². The van der Waals surface area contributed by atoms with Crippen molar-refractivity contribution >= 4 is 0 Å². The minimum absolute atomic E-state index is 0.106. The highest BCUT2D eigenvalue weighted by atomic mass is 16.1. The molecule has 1 aliphatic heterocycles. The van der Waals surface area contributed by atoms with Crippen LogP contribution in [0.3, 0.4) is 0 Å². The highest BCUT2D eigenvalue weighted by molar-refractivity contribution is 5.52. The summed E-state index contributed by atoms with van der Waals surface area (Å²) in [4.78, 5) is 30.0. The van der Waals surface area contributed by atoms with Gasteiger partial charge in [-0.1, -0.05) is 18.2 Å². The molecular weight excluding hydrogens is 328 g/mol. The largest absolute Gasteiger partial charge is 0.306 e. The van der Waals surface area contributed by atoms with E-state index in [9.17, 15) is 10.1 Å². The van der Waals surface area contributed by atoms with Crippen LogP contribution in [0.15, 0.2) is 47.8 Å². The fourth-order valence-corrected chi connectivity index (χ4v) is 3.20. The zero-order chi connectivity index (χ0) is 17.9. The van der Waals surface area contributed by atoms with Crippen molar-refractivity contribution in [1.82, 2.24) is 24.8 Å². The molecule has 2 aromatic heterocycles. The van der Waals surface area contributed by atoms with Crippen LogP contribution >= 0.6 is 0 Å². The van der Waals surface area contributed by atoms with Gasteiger partial charge in [0.25, 0.3) is 5.56 Å². The number of aromatic nitrogens is 4. The second-order valence-electron chi connectivity index (χ2n) is 6.20. The van der Waals surface area contributed by atoms with Gasteiger partial charge in [-0.15, -0.1) is 0 Å². The van der Waals surface area contributed by atoms with Crippen molar-refractivity contribution in [2.24, 2.45) is 0 Å². The summed E-state index contributed by atoms with van der Waals surface area (Å²) in [5.41, 5.74) is 3.74. The first kappa shape index (κ1) is 16.1. The van der Waals surface area contributed by atoms with E-state index in [1.54, 1.807) is 12.4 Å². The van der Waals surface area contributed by atoms with Crippen LogP contribution in [0.2, 0.25) is 0 Å². The van der Waals surface area contributed by atoms with Gasteiger partial charge >= 0.3 is 0 Å². The molecule has 0 unspecified atom stereocenters. The van der Waals surface area contributed by atoms with E-state index in [1.165, 1.54) is 6.33 Å². The minimum Gasteiger partial charge on any atom is -0.306 e. The molecule has 0 bridgehead atoms. The Morgan fingerprint density at radius 2 is 2.04 bits per heavy atom. The molecule has 0 radical (unpaired) electrons. The predicted molar refractivity (Wildman–Crippen MR) is 94.9 cm³/mol. The van der Waals surface area contributed by atoms with Gasteiger partial charge in [0.15, 0.2) is 0 Å². The van der Waals surface area contributed by atoms with E-state index in [4.69, 9.17) is 0 Å². The Bertz CT molecular complexity index is 1040. The molecule has 3 aromatic rings. The molecular formula is C19H16N6O. The van der Waals surface area contributed by atoms with Crippen molar-refractivity contribution in [3.63, 3.8) is 0 Å². The zero-order valence-electron chi connectivity index (χ0n) is 14.0. The number of hydrogen-bond donors (Lipinski definition) is 1. The highest BCUT2D eigenvalue weighted by Gasteiger charge is 2.22. The summed E-state index contributed by atoms with van der Waals surface area (Å²) < 4.78 is 0. The van der Waals surface area contributed by atoms with Gasteiger partial charge in [0.05, 0.1) is 22.9 Å². The number of rotatable bonds is 3. The number of benzene rings is 1. The molecule has 0 atom stereocenters. The number of nitrogens with zero attached hydrogens (tertiary/aromatic N) is 5. The topological polar surface area (TPSA) is 98.6 Å². The third kappa shape index (κ3) is 3.10. The Morgan fingerprint density at radius 3 is 2.85 bits per heavy atom. The van der Waals surface area contributed by atoms with E-state index in [0.717, 1.165) is 23.4 Å². The lowest BCUT2D eigenvalue weighted by Crippen LogP contribution is -2.35. The summed E-state index contributed by atoms with van der Waals surface area (Å²) in [6.07, 6.45) is 5.33. The molecule has 7 nitrogen and oxygen atoms in total. The van der Waals surface area contributed by atoms with Crippen molar-refractivity contribution in [2.45, 2.75) is 19.5 Å². The molecule has 0 fully saturated rings. The van der Waals surface area contributed by atoms with E-state index >= 15 is 0 Å². The molecule has 26 heavy (non-hydrogen) atoms. The zero-order valence-corrected chi connectivity index (χ0v) is 14.0. The Morgan fingerprint density at radius 1 is 1.23 bits per heavy atom. The monoisotopic (exact) mass is 344 g/mol. The molecule has 0 aliphatic carbocycles. The molecule has 0 amide bonds. The smallest absolute Gasteiger partial charge is 0.254 e. The molecule has 3 heterocycles. The van der Waals surface area contributed by atoms with Gasteiger partial charge in [-0.05, 0) is 18.1 Å². The summed E-state index contributed by atoms with van der Waals surface area (Å²) in [5, 5.41) is 9.27. The third-order valence-electron chi connectivity index (χ3n) is 4.52. The second kappa shape index (κ2) is 6.86. The van der Waals surface area contributed by atoms with E-state index in [2.05, 4.69) is 30.9 Å². The fraction of sp³-hybridized carbons (Fsp3) is 0.211. The lowest BCUT2D eigenvalue weighted by Gasteiger charge is -2.28. The number of H-pyrrole nitrogens is 1. The summed E-state index contributed by atoms with van der Waals surface area (Å²) in [6.45, 7) is 1.98. The average molecular weight is 344 g/mol. The fourth-order valence-electron chi connectivity index (χ4n) is 3.20. The quantitative estimate of drug-likeness (QED) is 0.776. The van der Waals surface area contributed by atoms with Gasteiger partial charge in [-0.3, -0.25) is 9.69 Å². The first-order valence-electron chi connectivity index (χ1n) is 8.32. The van der Waals surface area contributed by atoms with E-state index in [1.807, 2.05) is 24.3 Å². The molecule has 1 aliphatic rings. The summed E-state index contributed by atoms with van der Waals surface area (Å²) in [6, 6.07) is 9.82. The normalized spacial score (nSPS) is 13.8. The van der Waals surface area contributed by atoms with Crippen molar-refractivity contribution in [3.8, 4) is 17.5 Å². The number of aromatic amines is 1. The first-order chi connectivity index (χ1) is 12.7. The Labute approximate surface area is 150 Å². The number of nitriles is 1.